The number of nitrogens with two attached hydrogens (primary N) is 1. The fraction of sp³-hybridized carbons (Fsp3) is 0.211. The largest absolute Gasteiger partial charge is 0.368 e. The number of carbonyl (C=O) groups is 1. The Morgan fingerprint density at radius 3 is 2.84 bits per heavy atom. The van der Waals surface area contributed by atoms with Gasteiger partial charge in [0.05, 0.1) is 5.69 Å². The molecule has 1 atom stereocenters. The molecule has 0 spiro atoms. The van der Waals surface area contributed by atoms with Gasteiger partial charge >= 0.3 is 0 Å². The van der Waals surface area contributed by atoms with Crippen LogP contribution in [0, 0.1) is 0 Å². The zero-order valence-corrected chi connectivity index (χ0v) is 13.6. The molecule has 0 fully saturated rings. The molecule has 126 valence electrons. The highest BCUT2D eigenvalue weighted by molar-refractivity contribution is 5.82. The van der Waals surface area contributed by atoms with Crippen molar-refractivity contribution in [1.82, 2.24) is 14.3 Å². The van der Waals surface area contributed by atoms with E-state index in [2.05, 4.69) is 4.98 Å². The summed E-state index contributed by atoms with van der Waals surface area (Å²) in [6, 6.07) is 14.3. The maximum absolute atomic E-state index is 12.3. The van der Waals surface area contributed by atoms with Crippen LogP contribution in [0.25, 0.3) is 5.65 Å². The van der Waals surface area contributed by atoms with Crippen LogP contribution in [0.2, 0.25) is 0 Å². The Morgan fingerprint density at radius 1 is 1.20 bits per heavy atom. The van der Waals surface area contributed by atoms with Crippen LogP contribution in [0.3, 0.4) is 0 Å². The van der Waals surface area contributed by atoms with Gasteiger partial charge in [0, 0.05) is 25.4 Å². The first kappa shape index (κ1) is 15.5. The Balaban J connectivity index is 1.71. The minimum absolute atomic E-state index is 0.131. The van der Waals surface area contributed by atoms with Gasteiger partial charge in [0.1, 0.15) is 11.7 Å². The number of nitrogens with zero attached hydrogens (tertiary/aromatic N) is 3. The van der Waals surface area contributed by atoms with Gasteiger partial charge in [-0.1, -0.05) is 30.3 Å². The molecular formula is C19H18N4O2. The Hall–Kier alpha value is -2.99. The summed E-state index contributed by atoms with van der Waals surface area (Å²) in [4.78, 5) is 30.9. The molecule has 4 rings (SSSR count). The lowest BCUT2D eigenvalue weighted by atomic mass is 9.92. The van der Waals surface area contributed by atoms with Gasteiger partial charge in [-0.3, -0.25) is 18.9 Å². The predicted molar refractivity (Wildman–Crippen MR) is 94.0 cm³/mol. The van der Waals surface area contributed by atoms with Crippen LogP contribution in [-0.4, -0.2) is 26.7 Å². The molecule has 1 aliphatic heterocycles. The van der Waals surface area contributed by atoms with E-state index in [0.29, 0.717) is 24.4 Å². The first-order chi connectivity index (χ1) is 12.1. The molecule has 0 radical (unpaired) electrons. The van der Waals surface area contributed by atoms with Crippen LogP contribution in [0.4, 0.5) is 0 Å². The van der Waals surface area contributed by atoms with Gasteiger partial charge in [-0.2, -0.15) is 0 Å². The zero-order valence-electron chi connectivity index (χ0n) is 13.6. The van der Waals surface area contributed by atoms with E-state index in [1.54, 1.807) is 18.3 Å². The van der Waals surface area contributed by atoms with E-state index >= 15 is 0 Å². The van der Waals surface area contributed by atoms with Crippen molar-refractivity contribution in [3.63, 3.8) is 0 Å². The smallest absolute Gasteiger partial charge is 0.258 e. The van der Waals surface area contributed by atoms with E-state index in [4.69, 9.17) is 5.73 Å². The average molecular weight is 334 g/mol. The minimum Gasteiger partial charge on any atom is -0.368 e. The summed E-state index contributed by atoms with van der Waals surface area (Å²) in [5.74, 6) is -0.385. The Labute approximate surface area is 144 Å². The first-order valence-corrected chi connectivity index (χ1v) is 8.22. The second-order valence-corrected chi connectivity index (χ2v) is 6.24. The van der Waals surface area contributed by atoms with Crippen LogP contribution in [-0.2, 0) is 17.8 Å². The number of pyridine rings is 1. The third-order valence-corrected chi connectivity index (χ3v) is 4.64. The summed E-state index contributed by atoms with van der Waals surface area (Å²) in [5, 5.41) is 0. The van der Waals surface area contributed by atoms with Crippen molar-refractivity contribution in [2.45, 2.75) is 19.0 Å². The molecule has 0 bridgehead atoms. The van der Waals surface area contributed by atoms with Gasteiger partial charge in [0.25, 0.3) is 5.56 Å². The Morgan fingerprint density at radius 2 is 2.00 bits per heavy atom. The number of aromatic nitrogens is 2. The SMILES string of the molecule is NC(=O)C1c2ccccc2CCN1Cc1cc(=O)n2ccccc2n1. The monoisotopic (exact) mass is 334 g/mol. The van der Waals surface area contributed by atoms with Crippen molar-refractivity contribution >= 4 is 11.6 Å². The van der Waals surface area contributed by atoms with Gasteiger partial charge in [0.15, 0.2) is 0 Å². The standard InChI is InChI=1S/C19H18N4O2/c20-19(25)18-15-6-2-1-5-13(15)8-10-22(18)12-14-11-17(24)23-9-4-3-7-16(23)21-14/h1-7,9,11,18H,8,10,12H2,(H2,20,25). The number of hydrogen-bond donors (Lipinski definition) is 1. The lowest BCUT2D eigenvalue weighted by Crippen LogP contribution is -2.42. The van der Waals surface area contributed by atoms with E-state index in [-0.39, 0.29) is 11.5 Å². The quantitative estimate of drug-likeness (QED) is 0.782. The molecule has 3 aromatic rings. The maximum Gasteiger partial charge on any atom is 0.258 e. The number of carbonyl (C=O) groups excluding carboxylic acids is 1. The molecule has 1 amide bonds. The molecule has 0 saturated carbocycles. The van der Waals surface area contributed by atoms with Gasteiger partial charge in [0.2, 0.25) is 5.91 Å². The molecule has 25 heavy (non-hydrogen) atoms. The average Bonchev–Trinajstić information content (AvgIpc) is 2.61. The molecule has 0 saturated heterocycles. The van der Waals surface area contributed by atoms with E-state index in [1.807, 2.05) is 35.2 Å². The molecule has 1 aliphatic rings. The second kappa shape index (κ2) is 6.14. The van der Waals surface area contributed by atoms with Crippen LogP contribution < -0.4 is 11.3 Å². The lowest BCUT2D eigenvalue weighted by Gasteiger charge is -2.35. The van der Waals surface area contributed by atoms with E-state index in [0.717, 1.165) is 17.5 Å². The summed E-state index contributed by atoms with van der Waals surface area (Å²) < 4.78 is 1.50. The van der Waals surface area contributed by atoms with Crippen LogP contribution in [0.15, 0.2) is 59.5 Å². The van der Waals surface area contributed by atoms with Crippen molar-refractivity contribution in [2.75, 3.05) is 6.54 Å². The lowest BCUT2D eigenvalue weighted by molar-refractivity contribution is -0.124. The zero-order chi connectivity index (χ0) is 17.4. The van der Waals surface area contributed by atoms with Crippen molar-refractivity contribution in [3.8, 4) is 0 Å². The third kappa shape index (κ3) is 2.81. The van der Waals surface area contributed by atoms with Crippen LogP contribution in [0.5, 0.6) is 0 Å². The maximum atomic E-state index is 12.3. The number of benzene rings is 1. The third-order valence-electron chi connectivity index (χ3n) is 4.64. The number of primary amides is 1. The van der Waals surface area contributed by atoms with Gasteiger partial charge < -0.3 is 5.73 Å². The summed E-state index contributed by atoms with van der Waals surface area (Å²) >= 11 is 0. The molecule has 6 nitrogen and oxygen atoms in total. The topological polar surface area (TPSA) is 80.7 Å². The number of hydrogen-bond acceptors (Lipinski definition) is 4. The highest BCUT2D eigenvalue weighted by atomic mass is 16.1. The summed E-state index contributed by atoms with van der Waals surface area (Å²) in [6.07, 6.45) is 2.53. The van der Waals surface area contributed by atoms with Crippen molar-refractivity contribution in [3.05, 3.63) is 81.9 Å². The molecule has 3 heterocycles. The van der Waals surface area contributed by atoms with Crippen molar-refractivity contribution in [2.24, 2.45) is 5.73 Å². The highest BCUT2D eigenvalue weighted by Crippen LogP contribution is 2.30. The minimum atomic E-state index is -0.499. The molecule has 1 aromatic carbocycles. The Bertz CT molecular complexity index is 1010. The molecule has 6 heteroatoms. The van der Waals surface area contributed by atoms with Crippen LogP contribution in [0.1, 0.15) is 22.9 Å². The van der Waals surface area contributed by atoms with Gasteiger partial charge in [-0.15, -0.1) is 0 Å². The summed E-state index contributed by atoms with van der Waals surface area (Å²) in [6.45, 7) is 1.10. The van der Waals surface area contributed by atoms with E-state index in [9.17, 15) is 9.59 Å². The second-order valence-electron chi connectivity index (χ2n) is 6.24. The molecular weight excluding hydrogens is 316 g/mol. The summed E-state index contributed by atoms with van der Waals surface area (Å²) in [7, 11) is 0. The van der Waals surface area contributed by atoms with Gasteiger partial charge in [-0.05, 0) is 29.7 Å². The normalized spacial score (nSPS) is 17.4. The molecule has 0 aliphatic carbocycles. The fourth-order valence-electron chi connectivity index (χ4n) is 3.51. The predicted octanol–water partition coefficient (Wildman–Crippen LogP) is 1.28. The van der Waals surface area contributed by atoms with Crippen molar-refractivity contribution in [1.29, 1.82) is 0 Å². The number of amides is 1. The molecule has 2 aromatic heterocycles. The number of fused-ring (bicyclic) bond motifs is 2. The van der Waals surface area contributed by atoms with Crippen LogP contribution >= 0.6 is 0 Å². The highest BCUT2D eigenvalue weighted by Gasteiger charge is 2.31. The van der Waals surface area contributed by atoms with E-state index in [1.165, 1.54) is 10.5 Å². The van der Waals surface area contributed by atoms with E-state index < -0.39 is 6.04 Å². The van der Waals surface area contributed by atoms with Crippen molar-refractivity contribution < 1.29 is 4.79 Å². The molecule has 1 unspecified atom stereocenters. The Kier molecular flexibility index (Phi) is 3.82. The molecule has 2 N–H and O–H groups in total. The first-order valence-electron chi connectivity index (χ1n) is 8.22. The number of rotatable bonds is 3. The van der Waals surface area contributed by atoms with Gasteiger partial charge in [-0.25, -0.2) is 4.98 Å². The fourth-order valence-corrected chi connectivity index (χ4v) is 3.51. The summed E-state index contributed by atoms with van der Waals surface area (Å²) in [5.41, 5.74) is 8.88.